The average molecular weight is 310 g/mol. The Labute approximate surface area is 115 Å². The predicted molar refractivity (Wildman–Crippen MR) is 65.4 cm³/mol. The summed E-state index contributed by atoms with van der Waals surface area (Å²) in [4.78, 5) is 0. The van der Waals surface area contributed by atoms with Gasteiger partial charge in [-0.05, 0) is 24.3 Å². The third kappa shape index (κ3) is 4.25. The minimum Gasteiger partial charge on any atom is -0.406 e. The Balaban J connectivity index is 1.94. The van der Waals surface area contributed by atoms with Crippen LogP contribution >= 0.6 is 23.1 Å². The molecular weight excluding hydrogens is 303 g/mol. The molecule has 0 spiro atoms. The summed E-state index contributed by atoms with van der Waals surface area (Å²) in [6, 6.07) is 5.37. The first-order chi connectivity index (χ1) is 8.94. The van der Waals surface area contributed by atoms with E-state index in [0.717, 1.165) is 11.5 Å². The molecule has 1 aromatic heterocycles. The number of anilines is 1. The van der Waals surface area contributed by atoms with Crippen LogP contribution in [0.5, 0.6) is 5.75 Å². The van der Waals surface area contributed by atoms with Crippen molar-refractivity contribution >= 4 is 28.8 Å². The molecule has 0 atom stereocenters. The number of nitrogens with one attached hydrogen (secondary N) is 1. The number of nitrogens with zero attached hydrogens (tertiary/aromatic N) is 2. The lowest BCUT2D eigenvalue weighted by atomic mass is 10.3. The molecule has 1 heterocycles. The average Bonchev–Trinajstić information content (AvgIpc) is 2.72. The van der Waals surface area contributed by atoms with Crippen molar-refractivity contribution in [3.63, 3.8) is 0 Å². The number of alkyl halides is 3. The van der Waals surface area contributed by atoms with Crippen LogP contribution in [0.15, 0.2) is 24.3 Å². The lowest BCUT2D eigenvalue weighted by molar-refractivity contribution is -0.274. The van der Waals surface area contributed by atoms with Crippen molar-refractivity contribution in [2.75, 3.05) is 5.32 Å². The first-order valence-corrected chi connectivity index (χ1v) is 6.15. The Hall–Kier alpha value is -1.54. The molecule has 1 N–H and O–H groups in total. The van der Waals surface area contributed by atoms with E-state index < -0.39 is 6.36 Å². The van der Waals surface area contributed by atoms with Crippen LogP contribution in [0.4, 0.5) is 18.9 Å². The van der Waals surface area contributed by atoms with Crippen LogP contribution in [0, 0.1) is 0 Å². The zero-order chi connectivity index (χ0) is 13.9. The van der Waals surface area contributed by atoms with Crippen LogP contribution in [0.1, 0.15) is 5.69 Å². The van der Waals surface area contributed by atoms with Gasteiger partial charge in [-0.1, -0.05) is 16.1 Å². The van der Waals surface area contributed by atoms with Gasteiger partial charge in [-0.25, -0.2) is 0 Å². The van der Waals surface area contributed by atoms with Gasteiger partial charge in [0, 0.05) is 17.2 Å². The zero-order valence-corrected chi connectivity index (χ0v) is 10.8. The Morgan fingerprint density at radius 3 is 2.47 bits per heavy atom. The van der Waals surface area contributed by atoms with Crippen molar-refractivity contribution in [3.05, 3.63) is 34.3 Å². The molecule has 2 aromatic rings. The van der Waals surface area contributed by atoms with E-state index in [9.17, 15) is 13.2 Å². The molecule has 0 amide bonds. The third-order valence-electron chi connectivity index (χ3n) is 2.06. The van der Waals surface area contributed by atoms with E-state index in [-0.39, 0.29) is 5.75 Å². The number of rotatable bonds is 4. The summed E-state index contributed by atoms with van der Waals surface area (Å²) in [5.41, 5.74) is 1.21. The summed E-state index contributed by atoms with van der Waals surface area (Å²) in [6.07, 6.45) is -4.69. The van der Waals surface area contributed by atoms with Crippen molar-refractivity contribution in [2.45, 2.75) is 12.9 Å². The highest BCUT2D eigenvalue weighted by atomic mass is 35.5. The highest BCUT2D eigenvalue weighted by molar-refractivity contribution is 7.10. The maximum Gasteiger partial charge on any atom is 0.573 e. The molecular formula is C10H7ClF3N3OS. The highest BCUT2D eigenvalue weighted by Gasteiger charge is 2.30. The monoisotopic (exact) mass is 309 g/mol. The summed E-state index contributed by atoms with van der Waals surface area (Å²) in [7, 11) is 0. The van der Waals surface area contributed by atoms with E-state index in [1.165, 1.54) is 24.3 Å². The Morgan fingerprint density at radius 1 is 1.26 bits per heavy atom. The van der Waals surface area contributed by atoms with Gasteiger partial charge in [-0.15, -0.1) is 18.3 Å². The maximum atomic E-state index is 12.0. The minimum atomic E-state index is -4.69. The first kappa shape index (κ1) is 13.9. The van der Waals surface area contributed by atoms with E-state index in [4.69, 9.17) is 11.6 Å². The lowest BCUT2D eigenvalue weighted by Crippen LogP contribution is -2.17. The topological polar surface area (TPSA) is 47.0 Å². The van der Waals surface area contributed by atoms with Gasteiger partial charge >= 0.3 is 6.36 Å². The Morgan fingerprint density at radius 2 is 1.95 bits per heavy atom. The SMILES string of the molecule is FC(F)(F)Oc1ccc(NCc2nnsc2Cl)cc1. The summed E-state index contributed by atoms with van der Waals surface area (Å²) in [5.74, 6) is -0.272. The number of ether oxygens (including phenoxy) is 1. The number of hydrogen-bond acceptors (Lipinski definition) is 5. The lowest BCUT2D eigenvalue weighted by Gasteiger charge is -2.09. The number of benzene rings is 1. The number of aromatic nitrogens is 2. The van der Waals surface area contributed by atoms with Crippen molar-refractivity contribution in [3.8, 4) is 5.75 Å². The molecule has 1 aromatic carbocycles. The number of halogens is 4. The summed E-state index contributed by atoms with van der Waals surface area (Å²) >= 11 is 6.88. The second-order valence-electron chi connectivity index (χ2n) is 3.42. The zero-order valence-electron chi connectivity index (χ0n) is 9.24. The molecule has 0 radical (unpaired) electrons. The summed E-state index contributed by atoms with van der Waals surface area (Å²) < 4.78 is 43.8. The van der Waals surface area contributed by atoms with Gasteiger partial charge in [0.2, 0.25) is 0 Å². The molecule has 0 saturated heterocycles. The van der Waals surface area contributed by atoms with Gasteiger partial charge < -0.3 is 10.1 Å². The predicted octanol–water partition coefficient (Wildman–Crippen LogP) is 3.70. The second kappa shape index (κ2) is 5.62. The minimum absolute atomic E-state index is 0.272. The quantitative estimate of drug-likeness (QED) is 0.935. The van der Waals surface area contributed by atoms with Gasteiger partial charge in [0.15, 0.2) is 0 Å². The maximum absolute atomic E-state index is 12.0. The molecule has 9 heteroatoms. The Bertz CT molecular complexity index is 544. The summed E-state index contributed by atoms with van der Waals surface area (Å²) in [5, 5.41) is 6.76. The normalized spacial score (nSPS) is 11.4. The Kier molecular flexibility index (Phi) is 4.11. The first-order valence-electron chi connectivity index (χ1n) is 5.00. The van der Waals surface area contributed by atoms with Gasteiger partial charge in [0.1, 0.15) is 15.8 Å². The second-order valence-corrected chi connectivity index (χ2v) is 4.78. The fourth-order valence-corrected chi connectivity index (χ4v) is 1.89. The molecule has 0 aliphatic heterocycles. The van der Waals surface area contributed by atoms with E-state index in [1.54, 1.807) is 0 Å². The highest BCUT2D eigenvalue weighted by Crippen LogP contribution is 2.24. The largest absolute Gasteiger partial charge is 0.573 e. The van der Waals surface area contributed by atoms with Crippen LogP contribution in [-0.4, -0.2) is 15.9 Å². The molecule has 0 aliphatic carbocycles. The fourth-order valence-electron chi connectivity index (χ4n) is 1.26. The van der Waals surface area contributed by atoms with Crippen LogP contribution in [0.25, 0.3) is 0 Å². The third-order valence-corrected chi connectivity index (χ3v) is 3.04. The van der Waals surface area contributed by atoms with Crippen molar-refractivity contribution in [1.29, 1.82) is 0 Å². The van der Waals surface area contributed by atoms with Crippen LogP contribution in [0.2, 0.25) is 4.34 Å². The van der Waals surface area contributed by atoms with Crippen molar-refractivity contribution in [1.82, 2.24) is 9.59 Å². The van der Waals surface area contributed by atoms with Gasteiger partial charge in [0.25, 0.3) is 0 Å². The van der Waals surface area contributed by atoms with Crippen LogP contribution in [0.3, 0.4) is 0 Å². The molecule has 0 unspecified atom stereocenters. The van der Waals surface area contributed by atoms with Gasteiger partial charge in [-0.3, -0.25) is 0 Å². The molecule has 0 bridgehead atoms. The fraction of sp³-hybridized carbons (Fsp3) is 0.200. The van der Waals surface area contributed by atoms with Gasteiger partial charge in [0.05, 0.1) is 6.54 Å². The summed E-state index contributed by atoms with van der Waals surface area (Å²) in [6.45, 7) is 0.342. The van der Waals surface area contributed by atoms with Gasteiger partial charge in [-0.2, -0.15) is 0 Å². The molecule has 102 valence electrons. The van der Waals surface area contributed by atoms with Crippen LogP contribution < -0.4 is 10.1 Å². The van der Waals surface area contributed by atoms with Crippen molar-refractivity contribution in [2.24, 2.45) is 0 Å². The molecule has 0 fully saturated rings. The smallest absolute Gasteiger partial charge is 0.406 e. The molecule has 0 aliphatic rings. The van der Waals surface area contributed by atoms with E-state index in [1.807, 2.05) is 0 Å². The van der Waals surface area contributed by atoms with E-state index in [0.29, 0.717) is 22.3 Å². The van der Waals surface area contributed by atoms with Crippen LogP contribution in [-0.2, 0) is 6.54 Å². The van der Waals surface area contributed by atoms with E-state index >= 15 is 0 Å². The molecule has 2 rings (SSSR count). The standard InChI is InChI=1S/C10H7ClF3N3OS/c11-9-8(16-17-19-9)5-15-6-1-3-7(4-2-6)18-10(12,13)14/h1-4,15H,5H2. The number of hydrogen-bond donors (Lipinski definition) is 1. The molecule has 19 heavy (non-hydrogen) atoms. The van der Waals surface area contributed by atoms with E-state index in [2.05, 4.69) is 19.6 Å². The molecule has 4 nitrogen and oxygen atoms in total. The van der Waals surface area contributed by atoms with Crippen molar-refractivity contribution < 1.29 is 17.9 Å². The molecule has 0 saturated carbocycles.